The van der Waals surface area contributed by atoms with Crippen LogP contribution in [0.3, 0.4) is 0 Å². The van der Waals surface area contributed by atoms with Crippen molar-refractivity contribution in [1.82, 2.24) is 5.32 Å². The highest BCUT2D eigenvalue weighted by molar-refractivity contribution is 6.30. The van der Waals surface area contributed by atoms with Gasteiger partial charge in [0.2, 0.25) is 6.23 Å². The van der Waals surface area contributed by atoms with Gasteiger partial charge < -0.3 is 24.3 Å². The fourth-order valence-electron chi connectivity index (χ4n) is 1.14. The van der Waals surface area contributed by atoms with Crippen LogP contribution < -0.4 is 5.32 Å². The highest BCUT2D eigenvalue weighted by Crippen LogP contribution is 2.19. The Morgan fingerprint density at radius 1 is 1.24 bits per heavy atom. The molecule has 0 bridgehead atoms. The zero-order valence-electron chi connectivity index (χ0n) is 9.94. The summed E-state index contributed by atoms with van der Waals surface area (Å²) < 4.78 is 20.7. The minimum absolute atomic E-state index is 0.374. The summed E-state index contributed by atoms with van der Waals surface area (Å²) in [6.07, 6.45) is 0.943. The first-order chi connectivity index (χ1) is 8.29. The van der Waals surface area contributed by atoms with Crippen molar-refractivity contribution in [3.05, 3.63) is 10.9 Å². The molecule has 1 aliphatic heterocycles. The second-order valence-electron chi connectivity index (χ2n) is 3.16. The van der Waals surface area contributed by atoms with Crippen LogP contribution in [0.5, 0.6) is 0 Å². The lowest BCUT2D eigenvalue weighted by molar-refractivity contribution is -0.000775. The number of nitrogens with zero attached hydrogens (tertiary/aromatic N) is 1. The Morgan fingerprint density at radius 3 is 2.65 bits per heavy atom. The number of ether oxygens (including phenoxy) is 4. The first-order valence-corrected chi connectivity index (χ1v) is 5.57. The maximum Gasteiger partial charge on any atom is 0.210 e. The minimum atomic E-state index is -0.532. The second kappa shape index (κ2) is 8.30. The van der Waals surface area contributed by atoms with Gasteiger partial charge in [0.05, 0.1) is 26.2 Å². The maximum atomic E-state index is 5.97. The van der Waals surface area contributed by atoms with E-state index in [1.807, 2.05) is 0 Å². The van der Waals surface area contributed by atoms with E-state index in [1.165, 1.54) is 6.34 Å². The van der Waals surface area contributed by atoms with Gasteiger partial charge in [-0.15, -0.1) is 0 Å². The average molecular weight is 265 g/mol. The van der Waals surface area contributed by atoms with E-state index in [0.717, 1.165) is 0 Å². The van der Waals surface area contributed by atoms with Gasteiger partial charge in [-0.3, -0.25) is 0 Å². The number of methoxy groups -OCH3 is 2. The smallest absolute Gasteiger partial charge is 0.210 e. The van der Waals surface area contributed by atoms with Crippen LogP contribution in [0.25, 0.3) is 0 Å². The predicted molar refractivity (Wildman–Crippen MR) is 64.0 cm³/mol. The summed E-state index contributed by atoms with van der Waals surface area (Å²) in [5.41, 5.74) is 0. The third kappa shape index (κ3) is 4.91. The van der Waals surface area contributed by atoms with E-state index in [9.17, 15) is 0 Å². The zero-order valence-corrected chi connectivity index (χ0v) is 10.7. The lowest BCUT2D eigenvalue weighted by Gasteiger charge is -2.22. The van der Waals surface area contributed by atoms with Crippen LogP contribution in [0.4, 0.5) is 0 Å². The lowest BCUT2D eigenvalue weighted by Crippen LogP contribution is -2.28. The zero-order chi connectivity index (χ0) is 12.5. The Kier molecular flexibility index (Phi) is 6.95. The SMILES string of the molecule is COCCOC1=C(Cl)NC=NC1OCCOC. The molecule has 6 nitrogen and oxygen atoms in total. The average Bonchev–Trinajstić information content (AvgIpc) is 2.33. The van der Waals surface area contributed by atoms with Crippen LogP contribution >= 0.6 is 11.6 Å². The molecular weight excluding hydrogens is 248 g/mol. The van der Waals surface area contributed by atoms with Gasteiger partial charge in [0.25, 0.3) is 0 Å². The van der Waals surface area contributed by atoms with Crippen molar-refractivity contribution >= 4 is 17.9 Å². The largest absolute Gasteiger partial charge is 0.488 e. The summed E-state index contributed by atoms with van der Waals surface area (Å²) in [6.45, 7) is 1.77. The van der Waals surface area contributed by atoms with E-state index in [0.29, 0.717) is 37.3 Å². The van der Waals surface area contributed by atoms with Gasteiger partial charge in [-0.05, 0) is 0 Å². The van der Waals surface area contributed by atoms with Gasteiger partial charge in [-0.1, -0.05) is 11.6 Å². The van der Waals surface area contributed by atoms with E-state index in [4.69, 9.17) is 30.5 Å². The molecule has 0 aromatic heterocycles. The molecule has 98 valence electrons. The normalized spacial score (nSPS) is 19.4. The summed E-state index contributed by atoms with van der Waals surface area (Å²) >= 11 is 5.97. The van der Waals surface area contributed by atoms with Crippen molar-refractivity contribution in [1.29, 1.82) is 0 Å². The molecule has 1 N–H and O–H groups in total. The molecule has 0 fully saturated rings. The molecule has 17 heavy (non-hydrogen) atoms. The standard InChI is InChI=1S/C10H17ClN2O4/c1-14-3-5-16-8-9(11)12-7-13-10(8)17-6-4-15-2/h7,10H,3-6H2,1-2H3,(H,12,13). The fraction of sp³-hybridized carbons (Fsp3) is 0.700. The van der Waals surface area contributed by atoms with Gasteiger partial charge in [0.1, 0.15) is 6.61 Å². The summed E-state index contributed by atoms with van der Waals surface area (Å²) in [5.74, 6) is 0.460. The maximum absolute atomic E-state index is 5.97. The van der Waals surface area contributed by atoms with E-state index < -0.39 is 6.23 Å². The molecule has 1 unspecified atom stereocenters. The summed E-state index contributed by atoms with van der Waals surface area (Å²) in [5, 5.41) is 3.13. The summed E-state index contributed by atoms with van der Waals surface area (Å²) in [7, 11) is 3.21. The molecule has 0 saturated heterocycles. The molecular formula is C10H17ClN2O4. The Bertz CT molecular complexity index is 283. The second-order valence-corrected chi connectivity index (χ2v) is 3.54. The number of hydrogen-bond donors (Lipinski definition) is 1. The van der Waals surface area contributed by atoms with Crippen LogP contribution in [0.1, 0.15) is 0 Å². The molecule has 7 heteroatoms. The van der Waals surface area contributed by atoms with Crippen molar-refractivity contribution in [3.8, 4) is 0 Å². The van der Waals surface area contributed by atoms with Crippen LogP contribution in [-0.2, 0) is 18.9 Å². The Labute approximate surface area is 106 Å². The number of hydrogen-bond acceptors (Lipinski definition) is 6. The molecule has 0 saturated carbocycles. The van der Waals surface area contributed by atoms with Gasteiger partial charge >= 0.3 is 0 Å². The third-order valence-electron chi connectivity index (χ3n) is 1.95. The molecule has 0 amide bonds. The van der Waals surface area contributed by atoms with E-state index >= 15 is 0 Å². The molecule has 1 rings (SSSR count). The Morgan fingerprint density at radius 2 is 1.94 bits per heavy atom. The molecule has 1 atom stereocenters. The molecule has 0 aromatic carbocycles. The first-order valence-electron chi connectivity index (χ1n) is 5.19. The first kappa shape index (κ1) is 14.2. The van der Waals surface area contributed by atoms with Gasteiger partial charge in [0, 0.05) is 14.2 Å². The highest BCUT2D eigenvalue weighted by atomic mass is 35.5. The monoisotopic (exact) mass is 264 g/mol. The van der Waals surface area contributed by atoms with Gasteiger partial charge in [-0.25, -0.2) is 4.99 Å². The van der Waals surface area contributed by atoms with E-state index in [2.05, 4.69) is 10.3 Å². The summed E-state index contributed by atoms with van der Waals surface area (Å²) in [6, 6.07) is 0. The number of aliphatic imine (C=N–C) groups is 1. The number of nitrogens with one attached hydrogen (secondary N) is 1. The molecule has 0 radical (unpaired) electrons. The van der Waals surface area contributed by atoms with Crippen molar-refractivity contribution in [2.75, 3.05) is 40.6 Å². The van der Waals surface area contributed by atoms with Crippen LogP contribution in [-0.4, -0.2) is 53.2 Å². The summed E-state index contributed by atoms with van der Waals surface area (Å²) in [4.78, 5) is 4.09. The molecule has 0 aromatic rings. The van der Waals surface area contributed by atoms with Gasteiger partial charge in [0.15, 0.2) is 10.9 Å². The lowest BCUT2D eigenvalue weighted by atomic mass is 10.4. The highest BCUT2D eigenvalue weighted by Gasteiger charge is 2.22. The third-order valence-corrected chi connectivity index (χ3v) is 2.25. The van der Waals surface area contributed by atoms with Crippen LogP contribution in [0.2, 0.25) is 0 Å². The topological polar surface area (TPSA) is 61.3 Å². The molecule has 0 spiro atoms. The molecule has 0 aliphatic carbocycles. The quantitative estimate of drug-likeness (QED) is 0.516. The fourth-order valence-corrected chi connectivity index (χ4v) is 1.34. The van der Waals surface area contributed by atoms with Crippen molar-refractivity contribution < 1.29 is 18.9 Å². The minimum Gasteiger partial charge on any atom is -0.488 e. The van der Waals surface area contributed by atoms with Crippen molar-refractivity contribution in [2.45, 2.75) is 6.23 Å². The van der Waals surface area contributed by atoms with E-state index in [1.54, 1.807) is 14.2 Å². The van der Waals surface area contributed by atoms with Crippen molar-refractivity contribution in [3.63, 3.8) is 0 Å². The Hall–Kier alpha value is -0.820. The van der Waals surface area contributed by atoms with E-state index in [-0.39, 0.29) is 0 Å². The van der Waals surface area contributed by atoms with Crippen LogP contribution in [0.15, 0.2) is 15.9 Å². The molecule has 1 heterocycles. The van der Waals surface area contributed by atoms with Crippen molar-refractivity contribution in [2.24, 2.45) is 4.99 Å². The number of halogens is 1. The van der Waals surface area contributed by atoms with Gasteiger partial charge in [-0.2, -0.15) is 0 Å². The Balaban J connectivity index is 2.47. The van der Waals surface area contributed by atoms with Crippen LogP contribution in [0, 0.1) is 0 Å². The molecule has 1 aliphatic rings. The number of rotatable bonds is 8. The predicted octanol–water partition coefficient (Wildman–Crippen LogP) is 0.678.